The second kappa shape index (κ2) is 10.5. The highest BCUT2D eigenvalue weighted by Crippen LogP contribution is 2.33. The number of amides is 1. The number of nitrogens with one attached hydrogen (secondary N) is 1. The van der Waals surface area contributed by atoms with E-state index in [4.69, 9.17) is 9.47 Å². The van der Waals surface area contributed by atoms with Crippen molar-refractivity contribution in [2.45, 2.75) is 51.0 Å². The van der Waals surface area contributed by atoms with Crippen LogP contribution in [-0.2, 0) is 19.6 Å². The van der Waals surface area contributed by atoms with Crippen LogP contribution in [0, 0.1) is 5.41 Å². The lowest BCUT2D eigenvalue weighted by molar-refractivity contribution is -0.150. The number of carboxylic acids is 1. The highest BCUT2D eigenvalue weighted by molar-refractivity contribution is 7.89. The molecule has 0 bridgehead atoms. The Morgan fingerprint density at radius 3 is 2.42 bits per heavy atom. The van der Waals surface area contributed by atoms with Crippen molar-refractivity contribution in [3.05, 3.63) is 30.2 Å². The van der Waals surface area contributed by atoms with E-state index < -0.39 is 33.1 Å². The maximum Gasteiger partial charge on any atom is 0.407 e. The summed E-state index contributed by atoms with van der Waals surface area (Å²) in [5.74, 6) is -0.867. The minimum absolute atomic E-state index is 0.0540. The van der Waals surface area contributed by atoms with Crippen molar-refractivity contribution >= 4 is 22.1 Å². The van der Waals surface area contributed by atoms with Crippen LogP contribution < -0.4 is 10.1 Å². The molecule has 2 heterocycles. The number of aromatic nitrogens is 1. The molecule has 1 aromatic rings. The second-order valence-electron chi connectivity index (χ2n) is 9.01. The first kappa shape index (κ1) is 26.5. The van der Waals surface area contributed by atoms with E-state index in [1.807, 2.05) is 0 Å². The quantitative estimate of drug-likeness (QED) is 0.571. The molecule has 0 atom stereocenters. The number of alkyl carbamates (subject to hydrolysis) is 1. The Morgan fingerprint density at radius 1 is 1.30 bits per heavy atom. The summed E-state index contributed by atoms with van der Waals surface area (Å²) in [5.41, 5.74) is -1.51. The SMILES string of the molecule is CC(C)(C)OC(=O)NCC(=CF)COc1ccc(S(=O)(=O)N2CCC(C)(C(=O)O)CC2)cn1. The van der Waals surface area contributed by atoms with Crippen LogP contribution in [0.1, 0.15) is 40.5 Å². The molecule has 1 saturated heterocycles. The average molecular weight is 488 g/mol. The van der Waals surface area contributed by atoms with E-state index in [9.17, 15) is 27.5 Å². The molecule has 12 heteroatoms. The molecule has 0 spiro atoms. The molecule has 1 amide bonds. The molecule has 1 aliphatic heterocycles. The number of sulfonamides is 1. The Labute approximate surface area is 192 Å². The summed E-state index contributed by atoms with van der Waals surface area (Å²) in [6, 6.07) is 2.66. The van der Waals surface area contributed by atoms with Crippen molar-refractivity contribution in [2.24, 2.45) is 5.41 Å². The van der Waals surface area contributed by atoms with E-state index in [1.165, 1.54) is 16.4 Å². The number of piperidine rings is 1. The van der Waals surface area contributed by atoms with Crippen LogP contribution in [0.5, 0.6) is 5.88 Å². The van der Waals surface area contributed by atoms with Gasteiger partial charge in [0.05, 0.1) is 17.9 Å². The van der Waals surface area contributed by atoms with Crippen LogP contribution in [0.2, 0.25) is 0 Å². The average Bonchev–Trinajstić information content (AvgIpc) is 2.73. The normalized spacial score (nSPS) is 17.3. The van der Waals surface area contributed by atoms with E-state index in [2.05, 4.69) is 10.3 Å². The Balaban J connectivity index is 1.91. The van der Waals surface area contributed by atoms with Crippen molar-refractivity contribution in [3.8, 4) is 5.88 Å². The number of ether oxygens (including phenoxy) is 2. The first-order chi connectivity index (χ1) is 15.3. The fourth-order valence-electron chi connectivity index (χ4n) is 2.98. The molecule has 0 aliphatic carbocycles. The number of nitrogens with zero attached hydrogens (tertiary/aromatic N) is 2. The summed E-state index contributed by atoms with van der Waals surface area (Å²) in [7, 11) is -3.83. The molecule has 0 radical (unpaired) electrons. The maximum absolute atomic E-state index is 13.1. The lowest BCUT2D eigenvalue weighted by Gasteiger charge is -2.35. The molecule has 33 heavy (non-hydrogen) atoms. The molecule has 1 fully saturated rings. The molecule has 2 N–H and O–H groups in total. The van der Waals surface area contributed by atoms with Crippen LogP contribution in [-0.4, -0.2) is 66.7 Å². The van der Waals surface area contributed by atoms with E-state index in [0.717, 1.165) is 6.20 Å². The minimum Gasteiger partial charge on any atom is -0.481 e. The van der Waals surface area contributed by atoms with Crippen LogP contribution in [0.15, 0.2) is 35.1 Å². The Hall–Kier alpha value is -2.73. The van der Waals surface area contributed by atoms with Gasteiger partial charge in [-0.1, -0.05) is 0 Å². The zero-order valence-corrected chi connectivity index (χ0v) is 19.9. The molecule has 2 rings (SSSR count). The van der Waals surface area contributed by atoms with Gasteiger partial charge in [-0.2, -0.15) is 4.31 Å². The first-order valence-corrected chi connectivity index (χ1v) is 11.8. The van der Waals surface area contributed by atoms with Gasteiger partial charge in [-0.05, 0) is 46.6 Å². The monoisotopic (exact) mass is 487 g/mol. The zero-order valence-electron chi connectivity index (χ0n) is 19.1. The second-order valence-corrected chi connectivity index (χ2v) is 11.0. The minimum atomic E-state index is -3.83. The number of rotatable bonds is 8. The van der Waals surface area contributed by atoms with E-state index in [-0.39, 0.29) is 55.4 Å². The molecule has 0 saturated carbocycles. The van der Waals surface area contributed by atoms with Gasteiger partial charge in [-0.15, -0.1) is 0 Å². The number of carbonyl (C=O) groups is 2. The largest absolute Gasteiger partial charge is 0.481 e. The van der Waals surface area contributed by atoms with Gasteiger partial charge in [-0.3, -0.25) is 4.79 Å². The summed E-state index contributed by atoms with van der Waals surface area (Å²) in [6.07, 6.45) is 1.17. The van der Waals surface area contributed by atoms with E-state index in [1.54, 1.807) is 27.7 Å². The highest BCUT2D eigenvalue weighted by Gasteiger charge is 2.40. The summed E-state index contributed by atoms with van der Waals surface area (Å²) in [4.78, 5) is 26.9. The van der Waals surface area contributed by atoms with Crippen molar-refractivity contribution < 1.29 is 37.0 Å². The number of carbonyl (C=O) groups excluding carboxylic acids is 1. The third-order valence-electron chi connectivity index (χ3n) is 5.11. The predicted molar refractivity (Wildman–Crippen MR) is 117 cm³/mol. The summed E-state index contributed by atoms with van der Waals surface area (Å²) in [5, 5.41) is 11.7. The molecule has 0 unspecified atom stereocenters. The zero-order chi connectivity index (χ0) is 24.9. The van der Waals surface area contributed by atoms with Crippen molar-refractivity contribution in [2.75, 3.05) is 26.2 Å². The van der Waals surface area contributed by atoms with Gasteiger partial charge in [0.15, 0.2) is 0 Å². The van der Waals surface area contributed by atoms with E-state index in [0.29, 0.717) is 6.33 Å². The molecular formula is C21H30FN3O7S. The van der Waals surface area contributed by atoms with Gasteiger partial charge in [-0.25, -0.2) is 22.6 Å². The third-order valence-corrected chi connectivity index (χ3v) is 6.99. The summed E-state index contributed by atoms with van der Waals surface area (Å²) >= 11 is 0. The Bertz CT molecular complexity index is 980. The summed E-state index contributed by atoms with van der Waals surface area (Å²) < 4.78 is 50.4. The maximum atomic E-state index is 13.1. The van der Waals surface area contributed by atoms with Crippen LogP contribution in [0.3, 0.4) is 0 Å². The molecule has 1 aromatic heterocycles. The van der Waals surface area contributed by atoms with Crippen LogP contribution in [0.25, 0.3) is 0 Å². The van der Waals surface area contributed by atoms with Gasteiger partial charge in [0.1, 0.15) is 17.1 Å². The fraction of sp³-hybridized carbons (Fsp3) is 0.571. The molecule has 1 aliphatic rings. The van der Waals surface area contributed by atoms with E-state index >= 15 is 0 Å². The number of halogens is 1. The number of hydrogen-bond acceptors (Lipinski definition) is 7. The standard InChI is InChI=1S/C21H30FN3O7S/c1-20(2,3)32-19(28)24-12-15(11-22)14-31-17-6-5-16(13-23-17)33(29,30)25-9-7-21(4,8-10-25)18(26)27/h5-6,11,13H,7-10,12,14H2,1-4H3,(H,24,28)(H,26,27). The Kier molecular flexibility index (Phi) is 8.41. The smallest absolute Gasteiger partial charge is 0.407 e. The fourth-order valence-corrected chi connectivity index (χ4v) is 4.36. The van der Waals surface area contributed by atoms with Gasteiger partial charge in [0.25, 0.3) is 0 Å². The van der Waals surface area contributed by atoms with Gasteiger partial charge >= 0.3 is 12.1 Å². The number of carboxylic acid groups (broad SMARTS) is 1. The number of pyridine rings is 1. The third kappa shape index (κ3) is 7.39. The van der Waals surface area contributed by atoms with Gasteiger partial charge in [0.2, 0.25) is 15.9 Å². The lowest BCUT2D eigenvalue weighted by atomic mass is 9.81. The van der Waals surface area contributed by atoms with Crippen LogP contribution >= 0.6 is 0 Å². The highest BCUT2D eigenvalue weighted by atomic mass is 32.2. The van der Waals surface area contributed by atoms with Gasteiger partial charge < -0.3 is 19.9 Å². The number of aliphatic carboxylic acids is 1. The molecular weight excluding hydrogens is 457 g/mol. The van der Waals surface area contributed by atoms with Crippen molar-refractivity contribution in [3.63, 3.8) is 0 Å². The molecule has 10 nitrogen and oxygen atoms in total. The van der Waals surface area contributed by atoms with Crippen molar-refractivity contribution in [1.29, 1.82) is 0 Å². The number of hydrogen-bond donors (Lipinski definition) is 2. The first-order valence-electron chi connectivity index (χ1n) is 10.3. The topological polar surface area (TPSA) is 135 Å². The lowest BCUT2D eigenvalue weighted by Crippen LogP contribution is -2.45. The van der Waals surface area contributed by atoms with Crippen LogP contribution in [0.4, 0.5) is 9.18 Å². The van der Waals surface area contributed by atoms with Gasteiger partial charge in [0, 0.05) is 31.3 Å². The van der Waals surface area contributed by atoms with Crippen molar-refractivity contribution in [1.82, 2.24) is 14.6 Å². The molecule has 184 valence electrons. The Morgan fingerprint density at radius 2 is 1.94 bits per heavy atom. The predicted octanol–water partition coefficient (Wildman–Crippen LogP) is 2.71. The molecule has 0 aromatic carbocycles. The summed E-state index contributed by atoms with van der Waals surface area (Å²) in [6.45, 7) is 6.56.